The molecule has 0 aliphatic carbocycles. The van der Waals surface area contributed by atoms with Crippen molar-refractivity contribution in [1.82, 2.24) is 0 Å². The molecule has 1 atom stereocenters. The molecule has 10 heavy (non-hydrogen) atoms. The maximum atomic E-state index is 9.57. The van der Waals surface area contributed by atoms with Gasteiger partial charge in [-0.15, -0.1) is 0 Å². The van der Waals surface area contributed by atoms with Gasteiger partial charge in [0.15, 0.2) is 0 Å². The number of carboxylic acid groups (broad SMARTS) is 1. The summed E-state index contributed by atoms with van der Waals surface area (Å²) in [6.07, 6.45) is 0. The summed E-state index contributed by atoms with van der Waals surface area (Å²) in [5.41, 5.74) is 4.84. The van der Waals surface area contributed by atoms with Gasteiger partial charge in [0, 0.05) is 0 Å². The summed E-state index contributed by atoms with van der Waals surface area (Å²) >= 11 is 0. The number of hydrogen-bond donors (Lipinski definition) is 2. The minimum absolute atomic E-state index is 0.167. The van der Waals surface area contributed by atoms with E-state index in [9.17, 15) is 9.59 Å². The molecule has 0 aliphatic rings. The fourth-order valence-electron chi connectivity index (χ4n) is 0. The van der Waals surface area contributed by atoms with Crippen molar-refractivity contribution in [3.63, 3.8) is 0 Å². The maximum absolute atomic E-state index is 9.57. The van der Waals surface area contributed by atoms with Crippen molar-refractivity contribution < 1.29 is 14.7 Å². The Morgan fingerprint density at radius 2 is 1.50 bits per heavy atom. The number of carboxylic acids is 1. The number of carbonyl (C=O) groups is 2. The average molecular weight is 147 g/mol. The minimum Gasteiger partial charge on any atom is -0.480 e. The molecule has 0 radical (unpaired) electrons. The van der Waals surface area contributed by atoms with Gasteiger partial charge in [-0.05, 0) is 20.8 Å². The molecule has 0 aromatic heterocycles. The fraction of sp³-hybridized carbons (Fsp3) is 0.667. The van der Waals surface area contributed by atoms with E-state index in [1.165, 1.54) is 20.8 Å². The molecule has 0 fully saturated rings. The van der Waals surface area contributed by atoms with Gasteiger partial charge in [0.2, 0.25) is 0 Å². The van der Waals surface area contributed by atoms with E-state index in [1.807, 2.05) is 0 Å². The van der Waals surface area contributed by atoms with E-state index in [2.05, 4.69) is 0 Å². The molecule has 0 amide bonds. The van der Waals surface area contributed by atoms with Gasteiger partial charge in [-0.25, -0.2) is 0 Å². The average Bonchev–Trinajstić information content (AvgIpc) is 1.63. The van der Waals surface area contributed by atoms with E-state index >= 15 is 0 Å². The lowest BCUT2D eigenvalue weighted by atomic mass is 10.4. The van der Waals surface area contributed by atoms with E-state index < -0.39 is 12.0 Å². The second-order valence-electron chi connectivity index (χ2n) is 2.04. The highest BCUT2D eigenvalue weighted by atomic mass is 16.4. The third-order valence-electron chi connectivity index (χ3n) is 0.390. The Balaban J connectivity index is 0. The highest BCUT2D eigenvalue weighted by Gasteiger charge is 1.99. The SMILES string of the molecule is CC(C)=O.CC(N)C(=O)O. The van der Waals surface area contributed by atoms with E-state index in [4.69, 9.17) is 10.8 Å². The van der Waals surface area contributed by atoms with Crippen molar-refractivity contribution in [3.05, 3.63) is 0 Å². The van der Waals surface area contributed by atoms with Crippen LogP contribution in [0.2, 0.25) is 0 Å². The first kappa shape index (κ1) is 11.8. The topological polar surface area (TPSA) is 80.4 Å². The van der Waals surface area contributed by atoms with Crippen molar-refractivity contribution in [1.29, 1.82) is 0 Å². The largest absolute Gasteiger partial charge is 0.480 e. The van der Waals surface area contributed by atoms with Crippen LogP contribution >= 0.6 is 0 Å². The molecule has 0 saturated heterocycles. The minimum atomic E-state index is -0.963. The summed E-state index contributed by atoms with van der Waals surface area (Å²) in [4.78, 5) is 19.0. The van der Waals surface area contributed by atoms with Gasteiger partial charge in [-0.1, -0.05) is 0 Å². The van der Waals surface area contributed by atoms with Gasteiger partial charge < -0.3 is 15.6 Å². The lowest BCUT2D eigenvalue weighted by Crippen LogP contribution is -2.25. The van der Waals surface area contributed by atoms with Crippen LogP contribution in [0.3, 0.4) is 0 Å². The number of rotatable bonds is 1. The number of carbonyl (C=O) groups excluding carboxylic acids is 1. The molecule has 0 heterocycles. The highest BCUT2D eigenvalue weighted by Crippen LogP contribution is 1.68. The second-order valence-corrected chi connectivity index (χ2v) is 2.04. The summed E-state index contributed by atoms with van der Waals surface area (Å²) in [6.45, 7) is 4.47. The van der Waals surface area contributed by atoms with Crippen LogP contribution < -0.4 is 5.73 Å². The Kier molecular flexibility index (Phi) is 7.37. The predicted octanol–water partition coefficient (Wildman–Crippen LogP) is 0.0135. The number of aliphatic carboxylic acids is 1. The number of ketones is 1. The first-order valence-electron chi connectivity index (χ1n) is 2.83. The van der Waals surface area contributed by atoms with Crippen molar-refractivity contribution in [3.8, 4) is 0 Å². The Bertz CT molecular complexity index is 116. The van der Waals surface area contributed by atoms with Crippen molar-refractivity contribution >= 4 is 11.8 Å². The summed E-state index contributed by atoms with van der Waals surface area (Å²) in [6, 6.07) is -0.731. The molecule has 0 aliphatic heterocycles. The lowest BCUT2D eigenvalue weighted by molar-refractivity contribution is -0.138. The van der Waals surface area contributed by atoms with E-state index in [0.717, 1.165) is 0 Å². The molecule has 0 aromatic rings. The third-order valence-corrected chi connectivity index (χ3v) is 0.390. The quantitative estimate of drug-likeness (QED) is 0.547. The molecule has 0 aromatic carbocycles. The summed E-state index contributed by atoms with van der Waals surface area (Å²) < 4.78 is 0. The zero-order valence-corrected chi connectivity index (χ0v) is 6.42. The standard InChI is InChI=1S/C3H7NO2.C3H6O/c1-2(4)3(5)6;1-3(2)4/h2H,4H2,1H3,(H,5,6);1-2H3. The van der Waals surface area contributed by atoms with Crippen LogP contribution in [0.15, 0.2) is 0 Å². The molecule has 1 unspecified atom stereocenters. The molecule has 3 N–H and O–H groups in total. The van der Waals surface area contributed by atoms with Crippen LogP contribution in [-0.4, -0.2) is 22.9 Å². The number of Topliss-reactive ketones (excluding diaryl/α,β-unsaturated/α-hetero) is 1. The summed E-state index contributed by atoms with van der Waals surface area (Å²) in [7, 11) is 0. The van der Waals surface area contributed by atoms with Crippen LogP contribution in [0.4, 0.5) is 0 Å². The Morgan fingerprint density at radius 3 is 1.50 bits per heavy atom. The Morgan fingerprint density at radius 1 is 1.40 bits per heavy atom. The molecular weight excluding hydrogens is 134 g/mol. The van der Waals surface area contributed by atoms with E-state index in [0.29, 0.717) is 0 Å². The van der Waals surface area contributed by atoms with Crippen LogP contribution in [0.1, 0.15) is 20.8 Å². The first-order valence-corrected chi connectivity index (χ1v) is 2.83. The van der Waals surface area contributed by atoms with Crippen molar-refractivity contribution in [2.24, 2.45) is 5.73 Å². The van der Waals surface area contributed by atoms with Gasteiger partial charge in [0.1, 0.15) is 11.8 Å². The van der Waals surface area contributed by atoms with Crippen LogP contribution in [0.5, 0.6) is 0 Å². The summed E-state index contributed by atoms with van der Waals surface area (Å²) in [5, 5.41) is 7.87. The first-order chi connectivity index (χ1) is 4.37. The zero-order chi connectivity index (χ0) is 8.73. The fourth-order valence-corrected chi connectivity index (χ4v) is 0. The summed E-state index contributed by atoms with van der Waals surface area (Å²) in [5.74, 6) is -0.796. The predicted molar refractivity (Wildman–Crippen MR) is 37.6 cm³/mol. The molecule has 0 spiro atoms. The van der Waals surface area contributed by atoms with Gasteiger partial charge in [0.05, 0.1) is 0 Å². The second kappa shape index (κ2) is 6.22. The molecule has 0 rings (SSSR count). The maximum Gasteiger partial charge on any atom is 0.320 e. The van der Waals surface area contributed by atoms with Crippen molar-refractivity contribution in [2.45, 2.75) is 26.8 Å². The molecule has 4 nitrogen and oxygen atoms in total. The molecule has 0 saturated carbocycles. The normalized spacial score (nSPS) is 10.8. The number of nitrogens with two attached hydrogens (primary N) is 1. The van der Waals surface area contributed by atoms with Gasteiger partial charge in [-0.2, -0.15) is 0 Å². The Labute approximate surface area is 60.0 Å². The monoisotopic (exact) mass is 147 g/mol. The zero-order valence-electron chi connectivity index (χ0n) is 6.42. The number of hydrogen-bond acceptors (Lipinski definition) is 3. The smallest absolute Gasteiger partial charge is 0.320 e. The molecular formula is C6H13NO3. The highest BCUT2D eigenvalue weighted by molar-refractivity contribution is 5.72. The molecule has 4 heteroatoms. The van der Waals surface area contributed by atoms with Crippen LogP contribution in [-0.2, 0) is 9.59 Å². The molecule has 60 valence electrons. The Hall–Kier alpha value is -0.900. The van der Waals surface area contributed by atoms with Crippen LogP contribution in [0.25, 0.3) is 0 Å². The third kappa shape index (κ3) is 27.5. The lowest BCUT2D eigenvalue weighted by Gasteiger charge is -1.90. The van der Waals surface area contributed by atoms with E-state index in [1.54, 1.807) is 0 Å². The molecule has 0 bridgehead atoms. The van der Waals surface area contributed by atoms with E-state index in [-0.39, 0.29) is 5.78 Å². The van der Waals surface area contributed by atoms with Crippen LogP contribution in [0, 0.1) is 0 Å². The van der Waals surface area contributed by atoms with Gasteiger partial charge in [-0.3, -0.25) is 4.79 Å². The van der Waals surface area contributed by atoms with Gasteiger partial charge >= 0.3 is 5.97 Å². The van der Waals surface area contributed by atoms with Gasteiger partial charge in [0.25, 0.3) is 0 Å². The van der Waals surface area contributed by atoms with Crippen molar-refractivity contribution in [2.75, 3.05) is 0 Å².